The van der Waals surface area contributed by atoms with Crippen molar-refractivity contribution in [3.63, 3.8) is 0 Å². The van der Waals surface area contributed by atoms with E-state index in [-0.39, 0.29) is 13.0 Å². The zero-order valence-corrected chi connectivity index (χ0v) is 20.8. The fourth-order valence-electron chi connectivity index (χ4n) is 3.43. The Morgan fingerprint density at radius 1 is 1.03 bits per heavy atom. The van der Waals surface area contributed by atoms with Gasteiger partial charge in [0.25, 0.3) is 0 Å². The van der Waals surface area contributed by atoms with Crippen LogP contribution >= 0.6 is 11.6 Å². The molecule has 7 nitrogen and oxygen atoms in total. The van der Waals surface area contributed by atoms with Crippen molar-refractivity contribution in [2.45, 2.75) is 46.1 Å². The van der Waals surface area contributed by atoms with Crippen molar-refractivity contribution in [3.05, 3.63) is 59.1 Å². The highest BCUT2D eigenvalue weighted by atomic mass is 35.5. The van der Waals surface area contributed by atoms with Crippen LogP contribution in [0.15, 0.2) is 48.5 Å². The lowest BCUT2D eigenvalue weighted by atomic mass is 10.0. The molecular weight excluding hydrogens is 458 g/mol. The maximum Gasteiger partial charge on any atom is 0.415 e. The summed E-state index contributed by atoms with van der Waals surface area (Å²) in [5.74, 6) is 0.329. The molecule has 0 aromatic heterocycles. The number of ether oxygens (including phenoxy) is 3. The monoisotopic (exact) mass is 491 g/mol. The third kappa shape index (κ3) is 8.88. The summed E-state index contributed by atoms with van der Waals surface area (Å²) in [5, 5.41) is 9.62. The van der Waals surface area contributed by atoms with E-state index >= 15 is 0 Å². The summed E-state index contributed by atoms with van der Waals surface area (Å²) in [6, 6.07) is 14.1. The van der Waals surface area contributed by atoms with E-state index in [2.05, 4.69) is 13.8 Å². The molecule has 0 aliphatic rings. The maximum atomic E-state index is 12.9. The van der Waals surface area contributed by atoms with E-state index < -0.39 is 18.2 Å². The zero-order chi connectivity index (χ0) is 24.9. The van der Waals surface area contributed by atoms with Gasteiger partial charge in [0.2, 0.25) is 0 Å². The Morgan fingerprint density at radius 2 is 1.71 bits per heavy atom. The van der Waals surface area contributed by atoms with Gasteiger partial charge in [-0.05, 0) is 42.7 Å². The topological polar surface area (TPSA) is 85.3 Å². The first kappa shape index (κ1) is 27.5. The van der Waals surface area contributed by atoms with Gasteiger partial charge in [0.1, 0.15) is 12.4 Å². The second kappa shape index (κ2) is 14.5. The zero-order valence-electron chi connectivity index (χ0n) is 20.0. The second-order valence-corrected chi connectivity index (χ2v) is 8.31. The van der Waals surface area contributed by atoms with E-state index in [1.807, 2.05) is 12.1 Å². The number of hydrogen-bond acceptors (Lipinski definition) is 5. The van der Waals surface area contributed by atoms with Crippen LogP contribution in [-0.2, 0) is 16.0 Å². The summed E-state index contributed by atoms with van der Waals surface area (Å²) in [4.78, 5) is 25.8. The number of aliphatic carboxylic acids is 1. The van der Waals surface area contributed by atoms with Crippen molar-refractivity contribution in [2.75, 3.05) is 26.3 Å². The number of rotatable bonds is 14. The van der Waals surface area contributed by atoms with Crippen LogP contribution in [0.25, 0.3) is 0 Å². The minimum Gasteiger partial charge on any atom is -0.492 e. The van der Waals surface area contributed by atoms with Crippen molar-refractivity contribution >= 4 is 23.7 Å². The Morgan fingerprint density at radius 3 is 2.29 bits per heavy atom. The molecule has 0 fully saturated rings. The third-order valence-corrected chi connectivity index (χ3v) is 5.86. The normalized spacial score (nSPS) is 11.8. The summed E-state index contributed by atoms with van der Waals surface area (Å²) in [6.45, 7) is 7.51. The van der Waals surface area contributed by atoms with Crippen LogP contribution in [0.4, 0.5) is 4.79 Å². The number of para-hydroxylation sites is 1. The number of carbonyl (C=O) groups is 2. The minimum atomic E-state index is -0.983. The molecule has 8 heteroatoms. The smallest absolute Gasteiger partial charge is 0.415 e. The molecule has 2 rings (SSSR count). The van der Waals surface area contributed by atoms with Crippen molar-refractivity contribution in [2.24, 2.45) is 5.92 Å². The molecule has 0 spiro atoms. The molecule has 0 aliphatic heterocycles. The van der Waals surface area contributed by atoms with Gasteiger partial charge in [-0.1, -0.05) is 62.6 Å². The molecule has 1 atom stereocenters. The van der Waals surface area contributed by atoms with Crippen LogP contribution in [0.3, 0.4) is 0 Å². The number of nitrogens with zero attached hydrogens (tertiary/aromatic N) is 1. The summed E-state index contributed by atoms with van der Waals surface area (Å²) in [7, 11) is 0. The highest BCUT2D eigenvalue weighted by Gasteiger charge is 2.21. The molecule has 1 N–H and O–H groups in total. The van der Waals surface area contributed by atoms with Crippen LogP contribution in [0.2, 0.25) is 5.02 Å². The van der Waals surface area contributed by atoms with Crippen molar-refractivity contribution in [3.8, 4) is 11.5 Å². The van der Waals surface area contributed by atoms with E-state index in [1.54, 1.807) is 48.2 Å². The summed E-state index contributed by atoms with van der Waals surface area (Å²) >= 11 is 6.14. The third-order valence-electron chi connectivity index (χ3n) is 5.54. The average Bonchev–Trinajstić information content (AvgIpc) is 2.83. The maximum absolute atomic E-state index is 12.9. The van der Waals surface area contributed by atoms with Crippen LogP contribution in [-0.4, -0.2) is 54.5 Å². The summed E-state index contributed by atoms with van der Waals surface area (Å²) in [6.07, 6.45) is 0.844. The van der Waals surface area contributed by atoms with Gasteiger partial charge in [0.05, 0.1) is 11.6 Å². The van der Waals surface area contributed by atoms with Gasteiger partial charge in [-0.3, -0.25) is 0 Å². The molecule has 186 valence electrons. The standard InChI is InChI=1S/C26H34ClNO6/c1-4-19(5-2)18-28(26(31)34-23-10-8-7-9-22(23)27)15-16-33-21-13-11-20(12-14-21)17-24(25(29)30)32-6-3/h7-14,19,24H,4-6,15-18H2,1-3H3,(H,29,30). The quantitative estimate of drug-likeness (QED) is 0.365. The van der Waals surface area contributed by atoms with E-state index in [1.165, 1.54) is 0 Å². The van der Waals surface area contributed by atoms with Crippen molar-refractivity contribution in [1.29, 1.82) is 0 Å². The molecule has 0 heterocycles. The number of carbonyl (C=O) groups excluding carboxylic acids is 1. The molecule has 0 saturated heterocycles. The summed E-state index contributed by atoms with van der Waals surface area (Å²) < 4.78 is 16.6. The molecule has 2 aromatic carbocycles. The minimum absolute atomic E-state index is 0.278. The number of benzene rings is 2. The Hall–Kier alpha value is -2.77. The predicted octanol–water partition coefficient (Wildman–Crippen LogP) is 5.69. The first-order valence-corrected chi connectivity index (χ1v) is 12.0. The van der Waals surface area contributed by atoms with Gasteiger partial charge in [0.15, 0.2) is 11.9 Å². The first-order chi connectivity index (χ1) is 16.4. The Bertz CT molecular complexity index is 900. The number of hydrogen-bond donors (Lipinski definition) is 1. The van der Waals surface area contributed by atoms with Gasteiger partial charge >= 0.3 is 12.1 Å². The van der Waals surface area contributed by atoms with E-state index in [4.69, 9.17) is 25.8 Å². The molecule has 0 saturated carbocycles. The van der Waals surface area contributed by atoms with Gasteiger partial charge < -0.3 is 24.2 Å². The number of amides is 1. The van der Waals surface area contributed by atoms with Crippen LogP contribution in [0.5, 0.6) is 11.5 Å². The average molecular weight is 492 g/mol. The van der Waals surface area contributed by atoms with Crippen LogP contribution in [0, 0.1) is 5.92 Å². The fraction of sp³-hybridized carbons (Fsp3) is 0.462. The second-order valence-electron chi connectivity index (χ2n) is 7.91. The SMILES string of the molecule is CCOC(Cc1ccc(OCCN(CC(CC)CC)C(=O)Oc2ccccc2Cl)cc1)C(=O)O. The molecular formula is C26H34ClNO6. The largest absolute Gasteiger partial charge is 0.492 e. The molecule has 1 amide bonds. The van der Waals surface area contributed by atoms with Crippen LogP contribution < -0.4 is 9.47 Å². The number of carboxylic acid groups (broad SMARTS) is 1. The molecule has 0 radical (unpaired) electrons. The van der Waals surface area contributed by atoms with E-state index in [0.717, 1.165) is 18.4 Å². The predicted molar refractivity (Wildman–Crippen MR) is 132 cm³/mol. The van der Waals surface area contributed by atoms with Gasteiger partial charge in [-0.2, -0.15) is 0 Å². The lowest BCUT2D eigenvalue weighted by Crippen LogP contribution is -2.40. The molecule has 1 unspecified atom stereocenters. The van der Waals surface area contributed by atoms with Crippen LogP contribution in [0.1, 0.15) is 39.2 Å². The van der Waals surface area contributed by atoms with E-state index in [9.17, 15) is 14.7 Å². The molecule has 34 heavy (non-hydrogen) atoms. The lowest BCUT2D eigenvalue weighted by Gasteiger charge is -2.26. The van der Waals surface area contributed by atoms with Crippen molar-refractivity contribution < 1.29 is 28.9 Å². The molecule has 2 aromatic rings. The van der Waals surface area contributed by atoms with E-state index in [0.29, 0.717) is 42.1 Å². The van der Waals surface area contributed by atoms with Gasteiger partial charge in [-0.15, -0.1) is 0 Å². The first-order valence-electron chi connectivity index (χ1n) is 11.6. The lowest BCUT2D eigenvalue weighted by molar-refractivity contribution is -0.149. The van der Waals surface area contributed by atoms with Crippen molar-refractivity contribution in [1.82, 2.24) is 4.90 Å². The fourth-order valence-corrected chi connectivity index (χ4v) is 3.60. The number of carboxylic acids is 1. The molecule has 0 bridgehead atoms. The number of halogens is 1. The highest BCUT2D eigenvalue weighted by Crippen LogP contribution is 2.24. The Balaban J connectivity index is 1.96. The molecule has 0 aliphatic carbocycles. The Kier molecular flexibility index (Phi) is 11.7. The van der Waals surface area contributed by atoms with Gasteiger partial charge in [-0.25, -0.2) is 9.59 Å². The summed E-state index contributed by atoms with van der Waals surface area (Å²) in [5.41, 5.74) is 0.840. The van der Waals surface area contributed by atoms with Gasteiger partial charge in [0, 0.05) is 19.6 Å². The highest BCUT2D eigenvalue weighted by molar-refractivity contribution is 6.32. The Labute approximate surface area is 206 Å².